The Hall–Kier alpha value is -2.83. The SMILES string of the molecule is N#Cc1c(-c2cccc(S(=O)(=O)O)c2)nc(N)c(N)c1N. The van der Waals surface area contributed by atoms with E-state index in [0.29, 0.717) is 0 Å². The highest BCUT2D eigenvalue weighted by atomic mass is 32.2. The maximum atomic E-state index is 11.2. The molecule has 9 heteroatoms. The summed E-state index contributed by atoms with van der Waals surface area (Å²) in [7, 11) is -4.38. The van der Waals surface area contributed by atoms with Crippen molar-refractivity contribution in [3.63, 3.8) is 0 Å². The van der Waals surface area contributed by atoms with Crippen molar-refractivity contribution in [2.24, 2.45) is 0 Å². The lowest BCUT2D eigenvalue weighted by atomic mass is 10.0. The molecule has 0 bridgehead atoms. The second-order valence-electron chi connectivity index (χ2n) is 4.16. The molecule has 1 heterocycles. The lowest BCUT2D eigenvalue weighted by Crippen LogP contribution is -2.07. The van der Waals surface area contributed by atoms with Crippen molar-refractivity contribution >= 4 is 27.3 Å². The van der Waals surface area contributed by atoms with Gasteiger partial charge in [0, 0.05) is 5.56 Å². The molecule has 0 fully saturated rings. The largest absolute Gasteiger partial charge is 0.396 e. The molecular formula is C12H11N5O3S. The standard InChI is InChI=1S/C12H11N5O3S/c13-5-8-9(14)10(15)12(16)17-11(8)6-2-1-3-7(4-6)21(18,19)20/h1-4H,15H2,(H4,14,16,17)(H,18,19,20). The zero-order valence-corrected chi connectivity index (χ0v) is 11.4. The summed E-state index contributed by atoms with van der Waals surface area (Å²) in [6, 6.07) is 7.12. The molecule has 0 saturated carbocycles. The Kier molecular flexibility index (Phi) is 3.42. The molecule has 108 valence electrons. The van der Waals surface area contributed by atoms with E-state index in [1.807, 2.05) is 6.07 Å². The van der Waals surface area contributed by atoms with E-state index < -0.39 is 10.1 Å². The van der Waals surface area contributed by atoms with Gasteiger partial charge in [-0.05, 0) is 12.1 Å². The summed E-state index contributed by atoms with van der Waals surface area (Å²) in [5, 5.41) is 9.17. The Bertz CT molecular complexity index is 871. The Morgan fingerprint density at radius 1 is 1.19 bits per heavy atom. The fourth-order valence-electron chi connectivity index (χ4n) is 1.76. The minimum atomic E-state index is -4.38. The summed E-state index contributed by atoms with van der Waals surface area (Å²) in [5.41, 5.74) is 17.2. The van der Waals surface area contributed by atoms with Gasteiger partial charge < -0.3 is 17.2 Å². The third-order valence-corrected chi connectivity index (χ3v) is 3.67. The molecule has 0 unspecified atom stereocenters. The number of hydrogen-bond acceptors (Lipinski definition) is 7. The molecule has 0 radical (unpaired) electrons. The first-order valence-corrected chi connectivity index (χ1v) is 7.02. The van der Waals surface area contributed by atoms with E-state index in [-0.39, 0.29) is 38.9 Å². The molecule has 1 aromatic carbocycles. The third kappa shape index (κ3) is 2.58. The normalized spacial score (nSPS) is 11.0. The zero-order chi connectivity index (χ0) is 15.8. The number of rotatable bonds is 2. The van der Waals surface area contributed by atoms with Crippen molar-refractivity contribution in [1.29, 1.82) is 5.26 Å². The molecule has 8 nitrogen and oxygen atoms in total. The van der Waals surface area contributed by atoms with E-state index in [2.05, 4.69) is 4.98 Å². The monoisotopic (exact) mass is 305 g/mol. The topological polar surface area (TPSA) is 169 Å². The van der Waals surface area contributed by atoms with E-state index >= 15 is 0 Å². The van der Waals surface area contributed by atoms with E-state index in [1.165, 1.54) is 18.2 Å². The number of benzene rings is 1. The quantitative estimate of drug-likeness (QED) is 0.585. The zero-order valence-electron chi connectivity index (χ0n) is 10.6. The van der Waals surface area contributed by atoms with Crippen LogP contribution in [0.5, 0.6) is 0 Å². The van der Waals surface area contributed by atoms with E-state index in [4.69, 9.17) is 21.8 Å². The van der Waals surface area contributed by atoms with Crippen LogP contribution in [-0.2, 0) is 10.1 Å². The maximum Gasteiger partial charge on any atom is 0.294 e. The van der Waals surface area contributed by atoms with Crippen LogP contribution in [0.25, 0.3) is 11.3 Å². The van der Waals surface area contributed by atoms with Gasteiger partial charge in [0.05, 0.1) is 22.0 Å². The highest BCUT2D eigenvalue weighted by molar-refractivity contribution is 7.85. The van der Waals surface area contributed by atoms with Crippen LogP contribution in [0.3, 0.4) is 0 Å². The van der Waals surface area contributed by atoms with E-state index in [9.17, 15) is 13.7 Å². The van der Waals surface area contributed by atoms with Crippen LogP contribution in [-0.4, -0.2) is 18.0 Å². The predicted octanol–water partition coefficient (Wildman–Crippen LogP) is 0.614. The molecule has 1 aromatic heterocycles. The number of nitrogens with zero attached hydrogens (tertiary/aromatic N) is 2. The molecule has 0 atom stereocenters. The number of hydrogen-bond donors (Lipinski definition) is 4. The van der Waals surface area contributed by atoms with Crippen LogP contribution in [0.1, 0.15) is 5.56 Å². The van der Waals surface area contributed by atoms with Crippen molar-refractivity contribution in [3.05, 3.63) is 29.8 Å². The molecule has 0 aliphatic carbocycles. The first kappa shape index (κ1) is 14.6. The average molecular weight is 305 g/mol. The van der Waals surface area contributed by atoms with Gasteiger partial charge in [0.2, 0.25) is 0 Å². The molecule has 0 aliphatic rings. The first-order valence-electron chi connectivity index (χ1n) is 5.58. The molecule has 21 heavy (non-hydrogen) atoms. The molecule has 2 rings (SSSR count). The van der Waals surface area contributed by atoms with E-state index in [0.717, 1.165) is 6.07 Å². The second kappa shape index (κ2) is 4.93. The van der Waals surface area contributed by atoms with Crippen LogP contribution in [0, 0.1) is 11.3 Å². The molecular weight excluding hydrogens is 294 g/mol. The number of nitrogen functional groups attached to an aromatic ring is 3. The molecule has 0 amide bonds. The molecule has 0 aliphatic heterocycles. The van der Waals surface area contributed by atoms with Gasteiger partial charge in [0.1, 0.15) is 17.5 Å². The number of nitrogens with two attached hydrogens (primary N) is 3. The molecule has 7 N–H and O–H groups in total. The van der Waals surface area contributed by atoms with Crippen LogP contribution < -0.4 is 17.2 Å². The van der Waals surface area contributed by atoms with Gasteiger partial charge in [0.15, 0.2) is 0 Å². The third-order valence-electron chi connectivity index (χ3n) is 2.82. The molecule has 2 aromatic rings. The van der Waals surface area contributed by atoms with Crippen LogP contribution in [0.15, 0.2) is 29.2 Å². The summed E-state index contributed by atoms with van der Waals surface area (Å²) < 4.78 is 31.4. The van der Waals surface area contributed by atoms with Crippen molar-refractivity contribution < 1.29 is 13.0 Å². The van der Waals surface area contributed by atoms with Gasteiger partial charge in [-0.2, -0.15) is 13.7 Å². The summed E-state index contributed by atoms with van der Waals surface area (Å²) >= 11 is 0. The Morgan fingerprint density at radius 2 is 1.86 bits per heavy atom. The highest BCUT2D eigenvalue weighted by Gasteiger charge is 2.18. The first-order chi connectivity index (χ1) is 9.75. The van der Waals surface area contributed by atoms with Gasteiger partial charge in [-0.25, -0.2) is 4.98 Å². The number of pyridine rings is 1. The Balaban J connectivity index is 2.77. The van der Waals surface area contributed by atoms with Gasteiger partial charge in [-0.1, -0.05) is 12.1 Å². The van der Waals surface area contributed by atoms with Gasteiger partial charge >= 0.3 is 0 Å². The second-order valence-corrected chi connectivity index (χ2v) is 5.58. The number of anilines is 3. The predicted molar refractivity (Wildman–Crippen MR) is 77.4 cm³/mol. The average Bonchev–Trinajstić information content (AvgIpc) is 2.43. The Morgan fingerprint density at radius 3 is 2.43 bits per heavy atom. The summed E-state index contributed by atoms with van der Waals surface area (Å²) in [6.45, 7) is 0. The summed E-state index contributed by atoms with van der Waals surface area (Å²) in [6.07, 6.45) is 0. The van der Waals surface area contributed by atoms with Gasteiger partial charge in [0.25, 0.3) is 10.1 Å². The van der Waals surface area contributed by atoms with Gasteiger partial charge in [-0.3, -0.25) is 4.55 Å². The van der Waals surface area contributed by atoms with Gasteiger partial charge in [-0.15, -0.1) is 0 Å². The van der Waals surface area contributed by atoms with Crippen molar-refractivity contribution in [3.8, 4) is 17.3 Å². The minimum Gasteiger partial charge on any atom is -0.396 e. The smallest absolute Gasteiger partial charge is 0.294 e. The van der Waals surface area contributed by atoms with Crippen LogP contribution in [0.4, 0.5) is 17.2 Å². The minimum absolute atomic E-state index is 0.0127. The Labute approximate surface area is 120 Å². The molecule has 0 saturated heterocycles. The maximum absolute atomic E-state index is 11.2. The van der Waals surface area contributed by atoms with E-state index in [1.54, 1.807) is 0 Å². The summed E-state index contributed by atoms with van der Waals surface area (Å²) in [5.74, 6) is -0.0706. The van der Waals surface area contributed by atoms with Crippen LogP contribution in [0.2, 0.25) is 0 Å². The lowest BCUT2D eigenvalue weighted by molar-refractivity contribution is 0.483. The van der Waals surface area contributed by atoms with Crippen LogP contribution >= 0.6 is 0 Å². The summed E-state index contributed by atoms with van der Waals surface area (Å²) in [4.78, 5) is 3.64. The number of nitriles is 1. The van der Waals surface area contributed by atoms with Crippen molar-refractivity contribution in [2.45, 2.75) is 4.90 Å². The fraction of sp³-hybridized carbons (Fsp3) is 0. The van der Waals surface area contributed by atoms with Crippen molar-refractivity contribution in [1.82, 2.24) is 4.98 Å². The molecule has 0 spiro atoms. The van der Waals surface area contributed by atoms with Crippen molar-refractivity contribution in [2.75, 3.05) is 17.2 Å². The lowest BCUT2D eigenvalue weighted by Gasteiger charge is -2.11. The number of aromatic nitrogens is 1. The fourth-order valence-corrected chi connectivity index (χ4v) is 2.29. The highest BCUT2D eigenvalue weighted by Crippen LogP contribution is 2.33.